The van der Waals surface area contributed by atoms with Crippen LogP contribution in [-0.4, -0.2) is 10.1 Å². The molecule has 1 aromatic rings. The molecule has 0 saturated heterocycles. The third-order valence-corrected chi connectivity index (χ3v) is 1.27. The molecule has 0 aliphatic carbocycles. The minimum Gasteiger partial charge on any atom is -0.392 e. The van der Waals surface area contributed by atoms with E-state index in [4.69, 9.17) is 16.7 Å². The fourth-order valence-electron chi connectivity index (χ4n) is 0.552. The van der Waals surface area contributed by atoms with Crippen LogP contribution in [0.15, 0.2) is 12.3 Å². The molecule has 0 unspecified atom stereocenters. The number of hydrogen-bond acceptors (Lipinski definition) is 2. The first-order valence-electron chi connectivity index (χ1n) is 2.65. The van der Waals surface area contributed by atoms with E-state index in [1.165, 1.54) is 6.20 Å². The van der Waals surface area contributed by atoms with E-state index in [1.54, 1.807) is 0 Å². The molecule has 4 heteroatoms. The molecule has 1 N–H and O–H groups in total. The predicted octanol–water partition coefficient (Wildman–Crippen LogP) is 1.37. The average molecular weight is 162 g/mol. The Morgan fingerprint density at radius 1 is 1.70 bits per heavy atom. The van der Waals surface area contributed by atoms with Crippen LogP contribution in [0.2, 0.25) is 5.15 Å². The summed E-state index contributed by atoms with van der Waals surface area (Å²) in [5.74, 6) is -0.525. The van der Waals surface area contributed by atoms with Gasteiger partial charge in [0.15, 0.2) is 0 Å². The molecule has 10 heavy (non-hydrogen) atoms. The highest BCUT2D eigenvalue weighted by molar-refractivity contribution is 6.29. The van der Waals surface area contributed by atoms with Gasteiger partial charge in [0.1, 0.15) is 11.0 Å². The second-order valence-corrected chi connectivity index (χ2v) is 2.14. The van der Waals surface area contributed by atoms with Gasteiger partial charge in [-0.2, -0.15) is 0 Å². The Balaban J connectivity index is 3.07. The number of rotatable bonds is 1. The van der Waals surface area contributed by atoms with Crippen LogP contribution >= 0.6 is 11.6 Å². The molecule has 0 fully saturated rings. The zero-order valence-electron chi connectivity index (χ0n) is 5.01. The van der Waals surface area contributed by atoms with E-state index in [0.717, 1.165) is 6.07 Å². The van der Waals surface area contributed by atoms with E-state index in [1.807, 2.05) is 0 Å². The smallest absolute Gasteiger partial charge is 0.133 e. The Kier molecular flexibility index (Phi) is 2.19. The van der Waals surface area contributed by atoms with Gasteiger partial charge < -0.3 is 5.11 Å². The van der Waals surface area contributed by atoms with Crippen molar-refractivity contribution in [3.05, 3.63) is 28.8 Å². The predicted molar refractivity (Wildman–Crippen MR) is 35.1 cm³/mol. The molecule has 0 saturated carbocycles. The van der Waals surface area contributed by atoms with Crippen LogP contribution < -0.4 is 0 Å². The van der Waals surface area contributed by atoms with E-state index in [0.29, 0.717) is 0 Å². The number of hydrogen-bond donors (Lipinski definition) is 1. The van der Waals surface area contributed by atoms with Crippen LogP contribution in [0.3, 0.4) is 0 Å². The molecular weight excluding hydrogens is 157 g/mol. The van der Waals surface area contributed by atoms with Crippen LogP contribution in [0.4, 0.5) is 4.39 Å². The van der Waals surface area contributed by atoms with Gasteiger partial charge in [0, 0.05) is 17.8 Å². The monoisotopic (exact) mass is 161 g/mol. The van der Waals surface area contributed by atoms with Crippen molar-refractivity contribution in [2.45, 2.75) is 6.61 Å². The molecule has 54 valence electrons. The summed E-state index contributed by atoms with van der Waals surface area (Å²) < 4.78 is 12.6. The Morgan fingerprint density at radius 2 is 2.40 bits per heavy atom. The Morgan fingerprint density at radius 3 is 2.90 bits per heavy atom. The number of aromatic nitrogens is 1. The molecule has 0 amide bonds. The minimum atomic E-state index is -0.525. The lowest BCUT2D eigenvalue weighted by molar-refractivity contribution is 0.275. The second kappa shape index (κ2) is 2.94. The third-order valence-electron chi connectivity index (χ3n) is 1.07. The van der Waals surface area contributed by atoms with Crippen LogP contribution in [0.25, 0.3) is 0 Å². The van der Waals surface area contributed by atoms with Crippen molar-refractivity contribution in [3.63, 3.8) is 0 Å². The molecule has 0 spiro atoms. The number of aliphatic hydroxyl groups excluding tert-OH is 1. The van der Waals surface area contributed by atoms with Crippen molar-refractivity contribution >= 4 is 11.6 Å². The van der Waals surface area contributed by atoms with Crippen molar-refractivity contribution in [1.29, 1.82) is 0 Å². The molecule has 0 aliphatic heterocycles. The summed E-state index contributed by atoms with van der Waals surface area (Å²) in [5, 5.41) is 8.58. The highest BCUT2D eigenvalue weighted by Gasteiger charge is 2.00. The van der Waals surface area contributed by atoms with Crippen LogP contribution in [-0.2, 0) is 6.61 Å². The number of aliphatic hydroxyl groups is 1. The van der Waals surface area contributed by atoms with Gasteiger partial charge in [-0.05, 0) is 0 Å². The van der Waals surface area contributed by atoms with Crippen LogP contribution in [0, 0.1) is 5.82 Å². The molecule has 0 aliphatic rings. The molecular formula is C6H5ClFNO. The first kappa shape index (κ1) is 7.44. The lowest BCUT2D eigenvalue weighted by Gasteiger charge is -1.96. The fraction of sp³-hybridized carbons (Fsp3) is 0.167. The summed E-state index contributed by atoms with van der Waals surface area (Å²) in [6.45, 7) is -0.351. The molecule has 2 nitrogen and oxygen atoms in total. The first-order chi connectivity index (χ1) is 4.74. The van der Waals surface area contributed by atoms with Gasteiger partial charge in [-0.15, -0.1) is 0 Å². The highest BCUT2D eigenvalue weighted by atomic mass is 35.5. The maximum Gasteiger partial charge on any atom is 0.133 e. The lowest BCUT2D eigenvalue weighted by atomic mass is 10.3. The number of nitrogens with zero attached hydrogens (tertiary/aromatic N) is 1. The van der Waals surface area contributed by atoms with Crippen molar-refractivity contribution in [2.75, 3.05) is 0 Å². The molecule has 1 rings (SSSR count). The van der Waals surface area contributed by atoms with Crippen molar-refractivity contribution < 1.29 is 9.50 Å². The Bertz CT molecular complexity index is 241. The van der Waals surface area contributed by atoms with Gasteiger partial charge in [-0.3, -0.25) is 0 Å². The zero-order chi connectivity index (χ0) is 7.56. The maximum atomic E-state index is 12.6. The van der Waals surface area contributed by atoms with Gasteiger partial charge in [-0.1, -0.05) is 11.6 Å². The first-order valence-corrected chi connectivity index (χ1v) is 3.02. The Hall–Kier alpha value is -0.670. The van der Waals surface area contributed by atoms with E-state index < -0.39 is 5.82 Å². The average Bonchev–Trinajstić information content (AvgIpc) is 1.88. The molecule has 0 aromatic carbocycles. The maximum absolute atomic E-state index is 12.6. The molecule has 1 aromatic heterocycles. The van der Waals surface area contributed by atoms with Crippen LogP contribution in [0.1, 0.15) is 5.56 Å². The van der Waals surface area contributed by atoms with Crippen molar-refractivity contribution in [1.82, 2.24) is 4.98 Å². The van der Waals surface area contributed by atoms with E-state index in [2.05, 4.69) is 4.98 Å². The number of halogens is 2. The van der Waals surface area contributed by atoms with Gasteiger partial charge in [-0.25, -0.2) is 9.37 Å². The van der Waals surface area contributed by atoms with Gasteiger partial charge in [0.25, 0.3) is 0 Å². The fourth-order valence-corrected chi connectivity index (χ4v) is 0.697. The highest BCUT2D eigenvalue weighted by Crippen LogP contribution is 2.10. The summed E-state index contributed by atoms with van der Waals surface area (Å²) in [6, 6.07) is 1.06. The topological polar surface area (TPSA) is 33.1 Å². The number of pyridine rings is 1. The third kappa shape index (κ3) is 1.43. The molecule has 0 radical (unpaired) electrons. The van der Waals surface area contributed by atoms with E-state index in [9.17, 15) is 4.39 Å². The summed E-state index contributed by atoms with van der Waals surface area (Å²) in [6.07, 6.45) is 1.21. The SMILES string of the molecule is OCc1cnc(Cl)cc1F. The van der Waals surface area contributed by atoms with Crippen molar-refractivity contribution in [2.24, 2.45) is 0 Å². The second-order valence-electron chi connectivity index (χ2n) is 1.76. The summed E-state index contributed by atoms with van der Waals surface area (Å²) in [7, 11) is 0. The van der Waals surface area contributed by atoms with E-state index in [-0.39, 0.29) is 17.3 Å². The van der Waals surface area contributed by atoms with E-state index >= 15 is 0 Å². The minimum absolute atomic E-state index is 0.0923. The quantitative estimate of drug-likeness (QED) is 0.631. The summed E-state index contributed by atoms with van der Waals surface area (Å²) in [4.78, 5) is 3.58. The lowest BCUT2D eigenvalue weighted by Crippen LogP contribution is -1.90. The molecule has 0 bridgehead atoms. The standard InChI is InChI=1S/C6H5ClFNO/c7-6-1-5(8)4(3-10)2-9-6/h1-2,10H,3H2. The van der Waals surface area contributed by atoms with Crippen molar-refractivity contribution in [3.8, 4) is 0 Å². The van der Waals surface area contributed by atoms with Crippen LogP contribution in [0.5, 0.6) is 0 Å². The van der Waals surface area contributed by atoms with Gasteiger partial charge in [0.05, 0.1) is 6.61 Å². The molecule has 0 atom stereocenters. The summed E-state index contributed by atoms with van der Waals surface area (Å²) >= 11 is 5.34. The molecule has 1 heterocycles. The van der Waals surface area contributed by atoms with Gasteiger partial charge >= 0.3 is 0 Å². The van der Waals surface area contributed by atoms with Gasteiger partial charge in [0.2, 0.25) is 0 Å². The summed E-state index contributed by atoms with van der Waals surface area (Å²) in [5.41, 5.74) is 0.157. The Labute approximate surface area is 62.3 Å². The zero-order valence-corrected chi connectivity index (χ0v) is 5.77. The largest absolute Gasteiger partial charge is 0.392 e. The normalized spacial score (nSPS) is 9.90.